The number of rotatable bonds is 1. The van der Waals surface area contributed by atoms with E-state index in [1.165, 1.54) is 6.07 Å². The van der Waals surface area contributed by atoms with Crippen LogP contribution < -0.4 is 0 Å². The van der Waals surface area contributed by atoms with E-state index in [0.29, 0.717) is 11.4 Å². The van der Waals surface area contributed by atoms with E-state index in [2.05, 4.69) is 19.9 Å². The van der Waals surface area contributed by atoms with Crippen molar-refractivity contribution in [3.63, 3.8) is 0 Å². The highest BCUT2D eigenvalue weighted by molar-refractivity contribution is 6.05. The summed E-state index contributed by atoms with van der Waals surface area (Å²) >= 11 is 0. The zero-order valence-corrected chi connectivity index (χ0v) is 10.3. The van der Waals surface area contributed by atoms with Gasteiger partial charge in [0.1, 0.15) is 5.65 Å². The van der Waals surface area contributed by atoms with E-state index in [4.69, 9.17) is 0 Å². The molecule has 0 saturated carbocycles. The molecule has 0 unspecified atom stereocenters. The molecule has 0 amide bonds. The van der Waals surface area contributed by atoms with Gasteiger partial charge >= 0.3 is 0 Å². The molecule has 1 N–H and O–H groups in total. The van der Waals surface area contributed by atoms with Crippen LogP contribution in [0.25, 0.3) is 33.3 Å². The number of nitrogens with one attached hydrogen (secondary N) is 1. The molecule has 4 nitrogen and oxygen atoms in total. The van der Waals surface area contributed by atoms with Gasteiger partial charge in [-0.05, 0) is 30.3 Å². The van der Waals surface area contributed by atoms with Crippen LogP contribution in [0.5, 0.6) is 0 Å². The molecule has 0 radical (unpaired) electrons. The summed E-state index contributed by atoms with van der Waals surface area (Å²) < 4.78 is 13.2. The van der Waals surface area contributed by atoms with Crippen molar-refractivity contribution >= 4 is 21.9 Å². The van der Waals surface area contributed by atoms with Crippen molar-refractivity contribution in [1.29, 1.82) is 0 Å². The van der Waals surface area contributed by atoms with E-state index in [0.717, 1.165) is 21.9 Å². The van der Waals surface area contributed by atoms with Crippen molar-refractivity contribution < 1.29 is 4.39 Å². The summed E-state index contributed by atoms with van der Waals surface area (Å²) in [6, 6.07) is 10.4. The smallest absolute Gasteiger partial charge is 0.213 e. The molecule has 0 aromatic carbocycles. The van der Waals surface area contributed by atoms with Crippen LogP contribution in [0.1, 0.15) is 0 Å². The fourth-order valence-corrected chi connectivity index (χ4v) is 2.31. The Hall–Kier alpha value is -2.82. The van der Waals surface area contributed by atoms with Gasteiger partial charge in [-0.1, -0.05) is 6.07 Å². The first-order valence-corrected chi connectivity index (χ1v) is 6.17. The number of hydrogen-bond acceptors (Lipinski definition) is 3. The second kappa shape index (κ2) is 4.09. The van der Waals surface area contributed by atoms with Gasteiger partial charge in [0.15, 0.2) is 0 Å². The SMILES string of the molecule is [18F]c1cccc(-c2ccc3c(n2)[nH]c2ccncc23)n1. The fourth-order valence-electron chi connectivity index (χ4n) is 2.31. The molecule has 0 spiro atoms. The number of aromatic amines is 1. The average Bonchev–Trinajstić information content (AvgIpc) is 2.85. The molecule has 0 atom stereocenters. The van der Waals surface area contributed by atoms with Crippen LogP contribution in [0.3, 0.4) is 0 Å². The molecule has 5 heteroatoms. The predicted molar refractivity (Wildman–Crippen MR) is 74.6 cm³/mol. The Bertz CT molecular complexity index is 929. The van der Waals surface area contributed by atoms with Gasteiger partial charge < -0.3 is 4.98 Å². The number of pyridine rings is 3. The number of hydrogen-bond donors (Lipinski definition) is 1. The number of fused-ring (bicyclic) bond motifs is 3. The summed E-state index contributed by atoms with van der Waals surface area (Å²) in [7, 11) is 0. The molecule has 4 heterocycles. The van der Waals surface area contributed by atoms with Crippen LogP contribution in [0.2, 0.25) is 0 Å². The second-order valence-corrected chi connectivity index (χ2v) is 4.48. The Morgan fingerprint density at radius 3 is 2.70 bits per heavy atom. The minimum absolute atomic E-state index is 0.509. The predicted octanol–water partition coefficient (Wildman–Crippen LogP) is 3.31. The van der Waals surface area contributed by atoms with E-state index >= 15 is 0 Å². The average molecular weight is 263 g/mol. The van der Waals surface area contributed by atoms with E-state index in [1.807, 2.05) is 18.2 Å². The van der Waals surface area contributed by atoms with Gasteiger partial charge in [-0.2, -0.15) is 4.39 Å². The summed E-state index contributed by atoms with van der Waals surface area (Å²) in [5.41, 5.74) is 2.88. The Morgan fingerprint density at radius 1 is 0.900 bits per heavy atom. The first-order valence-electron chi connectivity index (χ1n) is 6.17. The van der Waals surface area contributed by atoms with E-state index in [1.54, 1.807) is 24.5 Å². The van der Waals surface area contributed by atoms with Crippen molar-refractivity contribution in [2.75, 3.05) is 0 Å². The van der Waals surface area contributed by atoms with Crippen molar-refractivity contribution in [2.45, 2.75) is 0 Å². The summed E-state index contributed by atoms with van der Waals surface area (Å²) in [6.45, 7) is 0. The van der Waals surface area contributed by atoms with Gasteiger partial charge in [-0.3, -0.25) is 4.98 Å². The third-order valence-electron chi connectivity index (χ3n) is 3.24. The highest BCUT2D eigenvalue weighted by atomic mass is 18.2. The van der Waals surface area contributed by atoms with Crippen molar-refractivity contribution in [3.05, 3.63) is 54.7 Å². The summed E-state index contributed by atoms with van der Waals surface area (Å²) in [5.74, 6) is -0.509. The van der Waals surface area contributed by atoms with Crippen LogP contribution in [0.15, 0.2) is 48.8 Å². The third-order valence-corrected chi connectivity index (χ3v) is 3.24. The topological polar surface area (TPSA) is 54.5 Å². The monoisotopic (exact) mass is 263 g/mol. The summed E-state index contributed by atoms with van der Waals surface area (Å²) in [4.78, 5) is 15.7. The molecule has 0 aliphatic rings. The minimum Gasteiger partial charge on any atom is -0.339 e. The third kappa shape index (κ3) is 1.64. The Balaban J connectivity index is 1.97. The highest BCUT2D eigenvalue weighted by Gasteiger charge is 2.08. The van der Waals surface area contributed by atoms with Gasteiger partial charge in [0.05, 0.1) is 16.9 Å². The molecular formula is C15H9FN4. The number of halogens is 1. The van der Waals surface area contributed by atoms with Crippen molar-refractivity contribution in [2.24, 2.45) is 0 Å². The van der Waals surface area contributed by atoms with Crippen molar-refractivity contribution in [1.82, 2.24) is 19.9 Å². The lowest BCUT2D eigenvalue weighted by molar-refractivity contribution is 0.585. The summed E-state index contributed by atoms with van der Waals surface area (Å²) in [5, 5.41) is 2.02. The van der Waals surface area contributed by atoms with Gasteiger partial charge in [0.2, 0.25) is 5.95 Å². The number of nitrogens with zero attached hydrogens (tertiary/aromatic N) is 3. The molecule has 96 valence electrons. The maximum absolute atomic E-state index is 13.2. The van der Waals surface area contributed by atoms with E-state index in [-0.39, 0.29) is 0 Å². The Morgan fingerprint density at radius 2 is 1.80 bits per heavy atom. The largest absolute Gasteiger partial charge is 0.339 e. The molecule has 0 fully saturated rings. The quantitative estimate of drug-likeness (QED) is 0.536. The number of aromatic nitrogens is 4. The lowest BCUT2D eigenvalue weighted by Gasteiger charge is -2.00. The molecule has 4 rings (SSSR count). The zero-order valence-electron chi connectivity index (χ0n) is 10.3. The molecule has 4 aromatic rings. The molecular weight excluding hydrogens is 254 g/mol. The van der Waals surface area contributed by atoms with Crippen molar-refractivity contribution in [3.8, 4) is 11.4 Å². The van der Waals surface area contributed by atoms with Crippen LogP contribution in [-0.4, -0.2) is 19.9 Å². The normalized spacial score (nSPS) is 11.2. The first kappa shape index (κ1) is 11.0. The van der Waals surface area contributed by atoms with Crippen LogP contribution in [-0.2, 0) is 0 Å². The molecule has 0 saturated heterocycles. The van der Waals surface area contributed by atoms with E-state index < -0.39 is 5.95 Å². The van der Waals surface area contributed by atoms with Gasteiger partial charge in [0.25, 0.3) is 0 Å². The first-order chi connectivity index (χ1) is 9.81. The molecule has 4 aromatic heterocycles. The van der Waals surface area contributed by atoms with Gasteiger partial charge in [0, 0.05) is 23.2 Å². The zero-order chi connectivity index (χ0) is 13.5. The summed E-state index contributed by atoms with van der Waals surface area (Å²) in [6.07, 6.45) is 3.53. The van der Waals surface area contributed by atoms with Gasteiger partial charge in [-0.25, -0.2) is 9.97 Å². The second-order valence-electron chi connectivity index (χ2n) is 4.48. The van der Waals surface area contributed by atoms with Crippen LogP contribution in [0, 0.1) is 5.95 Å². The molecule has 0 aliphatic heterocycles. The lowest BCUT2D eigenvalue weighted by atomic mass is 10.2. The molecule has 0 bridgehead atoms. The Kier molecular flexibility index (Phi) is 2.26. The van der Waals surface area contributed by atoms with Gasteiger partial charge in [-0.15, -0.1) is 0 Å². The number of H-pyrrole nitrogens is 1. The Labute approximate surface area is 113 Å². The molecule has 20 heavy (non-hydrogen) atoms. The standard InChI is InChI=1S/C15H9FN4/c16-14-3-1-2-12(18-14)13-5-4-9-10-8-17-7-6-11(10)19-15(9)20-13/h1-8H,(H,19,20)/i16-1. The highest BCUT2D eigenvalue weighted by Crippen LogP contribution is 2.25. The maximum Gasteiger partial charge on any atom is 0.213 e. The minimum atomic E-state index is -0.509. The lowest BCUT2D eigenvalue weighted by Crippen LogP contribution is -1.90. The van der Waals surface area contributed by atoms with Crippen LogP contribution in [0.4, 0.5) is 4.39 Å². The fraction of sp³-hybridized carbons (Fsp3) is 0. The molecule has 0 aliphatic carbocycles. The maximum atomic E-state index is 13.2. The van der Waals surface area contributed by atoms with Crippen LogP contribution >= 0.6 is 0 Å². The van der Waals surface area contributed by atoms with E-state index in [9.17, 15) is 4.39 Å².